The van der Waals surface area contributed by atoms with Gasteiger partial charge in [0, 0.05) is 10.9 Å². The fourth-order valence-electron chi connectivity index (χ4n) is 1.73. The molecule has 1 aliphatic rings. The Hall–Kier alpha value is -0.0500. The zero-order valence-corrected chi connectivity index (χ0v) is 10.2. The van der Waals surface area contributed by atoms with Gasteiger partial charge in [-0.3, -0.25) is 0 Å². The standard InChI is InChI=1S/C11H16ClNS/c1-7-6-14-11(10(7)12)9(13-2)5-8-3-4-8/h6,8-9,13H,3-5H2,1-2H3. The van der Waals surface area contributed by atoms with Crippen molar-refractivity contribution in [2.24, 2.45) is 5.92 Å². The van der Waals surface area contributed by atoms with Crippen molar-refractivity contribution in [1.82, 2.24) is 5.32 Å². The number of hydrogen-bond acceptors (Lipinski definition) is 2. The van der Waals surface area contributed by atoms with E-state index in [1.807, 2.05) is 7.05 Å². The summed E-state index contributed by atoms with van der Waals surface area (Å²) in [6, 6.07) is 0.466. The van der Waals surface area contributed by atoms with E-state index in [9.17, 15) is 0 Å². The Morgan fingerprint density at radius 1 is 1.64 bits per heavy atom. The van der Waals surface area contributed by atoms with Crippen LogP contribution in [0.15, 0.2) is 5.38 Å². The first-order chi connectivity index (χ1) is 6.72. The summed E-state index contributed by atoms with van der Waals surface area (Å²) in [5, 5.41) is 6.49. The van der Waals surface area contributed by atoms with Crippen molar-refractivity contribution >= 4 is 22.9 Å². The van der Waals surface area contributed by atoms with Crippen LogP contribution in [0.4, 0.5) is 0 Å². The second-order valence-corrected chi connectivity index (χ2v) is 5.41. The first-order valence-electron chi connectivity index (χ1n) is 5.13. The predicted octanol–water partition coefficient (Wildman–Crippen LogP) is 3.77. The highest BCUT2D eigenvalue weighted by Crippen LogP contribution is 2.41. The minimum absolute atomic E-state index is 0.466. The lowest BCUT2D eigenvalue weighted by Gasteiger charge is -2.14. The molecule has 1 unspecified atom stereocenters. The first kappa shape index (κ1) is 10.5. The van der Waals surface area contributed by atoms with Crippen molar-refractivity contribution < 1.29 is 0 Å². The van der Waals surface area contributed by atoms with Gasteiger partial charge in [-0.25, -0.2) is 0 Å². The van der Waals surface area contributed by atoms with E-state index < -0.39 is 0 Å². The van der Waals surface area contributed by atoms with E-state index in [0.717, 1.165) is 10.9 Å². The maximum atomic E-state index is 6.26. The maximum Gasteiger partial charge on any atom is 0.0590 e. The molecule has 1 atom stereocenters. The minimum atomic E-state index is 0.466. The Bertz CT molecular complexity index is 317. The minimum Gasteiger partial charge on any atom is -0.312 e. The van der Waals surface area contributed by atoms with E-state index in [-0.39, 0.29) is 0 Å². The van der Waals surface area contributed by atoms with E-state index in [0.29, 0.717) is 6.04 Å². The number of nitrogens with one attached hydrogen (secondary N) is 1. The van der Waals surface area contributed by atoms with Crippen LogP contribution < -0.4 is 5.32 Å². The number of hydrogen-bond donors (Lipinski definition) is 1. The molecule has 1 fully saturated rings. The third-order valence-electron chi connectivity index (χ3n) is 2.86. The van der Waals surface area contributed by atoms with Crippen molar-refractivity contribution in [3.63, 3.8) is 0 Å². The number of halogens is 1. The Labute approximate surface area is 94.5 Å². The highest BCUT2D eigenvalue weighted by Gasteiger charge is 2.27. The SMILES string of the molecule is CNC(CC1CC1)c1scc(C)c1Cl. The van der Waals surface area contributed by atoms with Gasteiger partial charge < -0.3 is 5.32 Å². The van der Waals surface area contributed by atoms with E-state index in [1.54, 1.807) is 11.3 Å². The van der Waals surface area contributed by atoms with Gasteiger partial charge in [-0.2, -0.15) is 0 Å². The topological polar surface area (TPSA) is 12.0 Å². The molecule has 1 aromatic heterocycles. The summed E-state index contributed by atoms with van der Waals surface area (Å²) in [5.74, 6) is 0.936. The molecule has 0 amide bonds. The molecular formula is C11H16ClNS. The van der Waals surface area contributed by atoms with Crippen LogP contribution in [-0.2, 0) is 0 Å². The van der Waals surface area contributed by atoms with Crippen LogP contribution in [0.1, 0.15) is 35.7 Å². The van der Waals surface area contributed by atoms with E-state index in [4.69, 9.17) is 11.6 Å². The highest BCUT2D eigenvalue weighted by atomic mass is 35.5. The smallest absolute Gasteiger partial charge is 0.0590 e. The predicted molar refractivity (Wildman–Crippen MR) is 63.2 cm³/mol. The highest BCUT2D eigenvalue weighted by molar-refractivity contribution is 7.10. The van der Waals surface area contributed by atoms with Crippen LogP contribution in [0.25, 0.3) is 0 Å². The monoisotopic (exact) mass is 229 g/mol. The summed E-state index contributed by atoms with van der Waals surface area (Å²) in [7, 11) is 2.03. The van der Waals surface area contributed by atoms with E-state index >= 15 is 0 Å². The second kappa shape index (κ2) is 4.21. The van der Waals surface area contributed by atoms with E-state index in [1.165, 1.54) is 29.7 Å². The lowest BCUT2D eigenvalue weighted by atomic mass is 10.1. The molecule has 1 aromatic rings. The lowest BCUT2D eigenvalue weighted by Crippen LogP contribution is -2.16. The molecule has 1 N–H and O–H groups in total. The van der Waals surface area contributed by atoms with Crippen molar-refractivity contribution in [1.29, 1.82) is 0 Å². The van der Waals surface area contributed by atoms with Crippen LogP contribution >= 0.6 is 22.9 Å². The summed E-state index contributed by atoms with van der Waals surface area (Å²) >= 11 is 8.04. The zero-order valence-electron chi connectivity index (χ0n) is 8.64. The molecule has 0 bridgehead atoms. The Balaban J connectivity index is 2.12. The van der Waals surface area contributed by atoms with Gasteiger partial charge in [-0.05, 0) is 37.3 Å². The van der Waals surface area contributed by atoms with Crippen molar-refractivity contribution in [2.45, 2.75) is 32.2 Å². The van der Waals surface area contributed by atoms with Crippen molar-refractivity contribution in [2.75, 3.05) is 7.05 Å². The summed E-state index contributed by atoms with van der Waals surface area (Å²) in [6.45, 7) is 2.08. The molecule has 0 spiro atoms. The first-order valence-corrected chi connectivity index (χ1v) is 6.39. The van der Waals surface area contributed by atoms with Gasteiger partial charge >= 0.3 is 0 Å². The normalized spacial score (nSPS) is 18.5. The molecule has 1 heterocycles. The average molecular weight is 230 g/mol. The van der Waals surface area contributed by atoms with Gasteiger partial charge in [0.15, 0.2) is 0 Å². The average Bonchev–Trinajstić information content (AvgIpc) is 2.94. The molecule has 1 nitrogen and oxygen atoms in total. The molecule has 0 saturated heterocycles. The van der Waals surface area contributed by atoms with Gasteiger partial charge in [-0.15, -0.1) is 11.3 Å². The Morgan fingerprint density at radius 2 is 2.36 bits per heavy atom. The van der Waals surface area contributed by atoms with Crippen molar-refractivity contribution in [3.05, 3.63) is 20.8 Å². The van der Waals surface area contributed by atoms with Gasteiger partial charge in [0.2, 0.25) is 0 Å². The molecule has 3 heteroatoms. The molecule has 1 saturated carbocycles. The Morgan fingerprint density at radius 3 is 2.79 bits per heavy atom. The summed E-state index contributed by atoms with van der Waals surface area (Å²) in [4.78, 5) is 1.32. The maximum absolute atomic E-state index is 6.26. The molecule has 2 rings (SSSR count). The third-order valence-corrected chi connectivity index (χ3v) is 4.68. The van der Waals surface area contributed by atoms with Crippen LogP contribution in [0, 0.1) is 12.8 Å². The summed E-state index contributed by atoms with van der Waals surface area (Å²) < 4.78 is 0. The fraction of sp³-hybridized carbons (Fsp3) is 0.636. The second-order valence-electron chi connectivity index (χ2n) is 4.12. The van der Waals surface area contributed by atoms with Crippen LogP contribution in [0.2, 0.25) is 5.02 Å². The molecule has 0 aliphatic heterocycles. The van der Waals surface area contributed by atoms with E-state index in [2.05, 4.69) is 17.6 Å². The molecule has 78 valence electrons. The summed E-state index contributed by atoms with van der Waals surface area (Å²) in [5.41, 5.74) is 1.21. The van der Waals surface area contributed by atoms with Crippen LogP contribution in [-0.4, -0.2) is 7.05 Å². The number of aryl methyl sites for hydroxylation is 1. The van der Waals surface area contributed by atoms with Crippen molar-refractivity contribution in [3.8, 4) is 0 Å². The quantitative estimate of drug-likeness (QED) is 0.829. The molecule has 14 heavy (non-hydrogen) atoms. The van der Waals surface area contributed by atoms with Crippen LogP contribution in [0.3, 0.4) is 0 Å². The third kappa shape index (κ3) is 2.13. The Kier molecular flexibility index (Phi) is 3.15. The van der Waals surface area contributed by atoms with Gasteiger partial charge in [0.1, 0.15) is 0 Å². The number of thiophene rings is 1. The van der Waals surface area contributed by atoms with Gasteiger partial charge in [-0.1, -0.05) is 24.4 Å². The van der Waals surface area contributed by atoms with Gasteiger partial charge in [0.25, 0.3) is 0 Å². The fourth-order valence-corrected chi connectivity index (χ4v) is 3.18. The summed E-state index contributed by atoms with van der Waals surface area (Å²) in [6.07, 6.45) is 4.05. The molecular weight excluding hydrogens is 214 g/mol. The van der Waals surface area contributed by atoms with Gasteiger partial charge in [0.05, 0.1) is 5.02 Å². The molecule has 0 aromatic carbocycles. The van der Waals surface area contributed by atoms with Crippen LogP contribution in [0.5, 0.6) is 0 Å². The largest absolute Gasteiger partial charge is 0.312 e. The number of rotatable bonds is 4. The molecule has 1 aliphatic carbocycles. The zero-order chi connectivity index (χ0) is 10.1. The lowest BCUT2D eigenvalue weighted by molar-refractivity contribution is 0.522. The molecule has 0 radical (unpaired) electrons.